The van der Waals surface area contributed by atoms with Crippen LogP contribution in [0.4, 0.5) is 0 Å². The third-order valence-corrected chi connectivity index (χ3v) is 3.55. The zero-order chi connectivity index (χ0) is 14.0. The average Bonchev–Trinajstić information content (AvgIpc) is 2.79. The second-order valence-corrected chi connectivity index (χ2v) is 4.75. The van der Waals surface area contributed by atoms with Crippen LogP contribution in [-0.2, 0) is 4.79 Å². The summed E-state index contributed by atoms with van der Waals surface area (Å²) in [5.41, 5.74) is 0.408. The summed E-state index contributed by atoms with van der Waals surface area (Å²) in [6.07, 6.45) is 0.706. The number of carbonyl (C=O) groups is 2. The second kappa shape index (κ2) is 5.30. The third-order valence-electron chi connectivity index (χ3n) is 3.55. The minimum absolute atomic E-state index is 0.0313. The maximum absolute atomic E-state index is 12.5. The summed E-state index contributed by atoms with van der Waals surface area (Å²) in [7, 11) is 1.49. The molecule has 102 valence electrons. The van der Waals surface area contributed by atoms with E-state index >= 15 is 0 Å². The van der Waals surface area contributed by atoms with Gasteiger partial charge in [0.15, 0.2) is 0 Å². The molecule has 0 spiro atoms. The van der Waals surface area contributed by atoms with Gasteiger partial charge in [0.1, 0.15) is 11.8 Å². The molecular weight excluding hydrogens is 246 g/mol. The molecule has 1 fully saturated rings. The Labute approximate surface area is 111 Å². The quantitative estimate of drug-likeness (QED) is 0.900. The van der Waals surface area contributed by atoms with Crippen LogP contribution in [0.1, 0.15) is 23.7 Å². The van der Waals surface area contributed by atoms with Crippen LogP contribution < -0.4 is 4.74 Å². The van der Waals surface area contributed by atoms with E-state index in [2.05, 4.69) is 0 Å². The lowest BCUT2D eigenvalue weighted by Crippen LogP contribution is -2.42. The molecular formula is C14H17NO4. The summed E-state index contributed by atoms with van der Waals surface area (Å²) in [5, 5.41) is 9.25. The number of amides is 1. The molecule has 0 saturated carbocycles. The third kappa shape index (κ3) is 2.41. The highest BCUT2D eigenvalue weighted by Gasteiger charge is 2.40. The molecule has 0 bridgehead atoms. The van der Waals surface area contributed by atoms with E-state index in [0.717, 1.165) is 0 Å². The lowest BCUT2D eigenvalue weighted by molar-refractivity contribution is -0.142. The molecule has 2 unspecified atom stereocenters. The maximum Gasteiger partial charge on any atom is 0.326 e. The van der Waals surface area contributed by atoms with Crippen molar-refractivity contribution in [2.45, 2.75) is 19.4 Å². The van der Waals surface area contributed by atoms with Crippen LogP contribution in [0, 0.1) is 5.92 Å². The van der Waals surface area contributed by atoms with Crippen molar-refractivity contribution in [1.29, 1.82) is 0 Å². The molecule has 19 heavy (non-hydrogen) atoms. The number of para-hydroxylation sites is 1. The van der Waals surface area contributed by atoms with E-state index in [4.69, 9.17) is 4.74 Å². The van der Waals surface area contributed by atoms with E-state index in [1.54, 1.807) is 24.3 Å². The van der Waals surface area contributed by atoms with Gasteiger partial charge in [-0.2, -0.15) is 0 Å². The fraction of sp³-hybridized carbons (Fsp3) is 0.429. The first-order chi connectivity index (χ1) is 9.06. The number of likely N-dealkylation sites (tertiary alicyclic amines) is 1. The summed E-state index contributed by atoms with van der Waals surface area (Å²) >= 11 is 0. The molecule has 2 rings (SSSR count). The molecule has 1 aliphatic heterocycles. The van der Waals surface area contributed by atoms with Crippen LogP contribution in [-0.4, -0.2) is 41.6 Å². The highest BCUT2D eigenvalue weighted by molar-refractivity contribution is 5.99. The number of hydrogen-bond acceptors (Lipinski definition) is 3. The lowest BCUT2D eigenvalue weighted by atomic mass is 10.0. The highest BCUT2D eigenvalue weighted by Crippen LogP contribution is 2.28. The molecule has 0 aromatic heterocycles. The summed E-state index contributed by atoms with van der Waals surface area (Å²) in [4.78, 5) is 25.2. The molecule has 1 aromatic carbocycles. The van der Waals surface area contributed by atoms with Crippen LogP contribution in [0.3, 0.4) is 0 Å². The summed E-state index contributed by atoms with van der Waals surface area (Å²) in [6, 6.07) is 6.12. The van der Waals surface area contributed by atoms with Gasteiger partial charge in [0, 0.05) is 6.54 Å². The van der Waals surface area contributed by atoms with Gasteiger partial charge in [-0.15, -0.1) is 0 Å². The SMILES string of the molecule is COc1ccccc1C(=O)N1CCC(C)C1C(=O)O. The van der Waals surface area contributed by atoms with Gasteiger partial charge in [0.25, 0.3) is 5.91 Å². The van der Waals surface area contributed by atoms with Crippen molar-refractivity contribution in [1.82, 2.24) is 4.90 Å². The van der Waals surface area contributed by atoms with Crippen molar-refractivity contribution in [3.63, 3.8) is 0 Å². The molecule has 1 aromatic rings. The summed E-state index contributed by atoms with van der Waals surface area (Å²) in [5.74, 6) is -0.796. The topological polar surface area (TPSA) is 66.8 Å². The van der Waals surface area contributed by atoms with Crippen molar-refractivity contribution in [3.05, 3.63) is 29.8 Å². The predicted molar refractivity (Wildman–Crippen MR) is 69.2 cm³/mol. The van der Waals surface area contributed by atoms with Crippen LogP contribution in [0.5, 0.6) is 5.75 Å². The number of rotatable bonds is 3. The molecule has 1 saturated heterocycles. The normalized spacial score (nSPS) is 22.3. The van der Waals surface area contributed by atoms with Crippen molar-refractivity contribution >= 4 is 11.9 Å². The zero-order valence-electron chi connectivity index (χ0n) is 11.0. The number of hydrogen-bond donors (Lipinski definition) is 1. The first kappa shape index (κ1) is 13.4. The minimum atomic E-state index is -0.951. The molecule has 0 radical (unpaired) electrons. The summed E-state index contributed by atoms with van der Waals surface area (Å²) < 4.78 is 5.15. The fourth-order valence-electron chi connectivity index (χ4n) is 2.53. The second-order valence-electron chi connectivity index (χ2n) is 4.75. The van der Waals surface area contributed by atoms with Crippen molar-refractivity contribution in [2.75, 3.05) is 13.7 Å². The molecule has 5 heteroatoms. The van der Waals surface area contributed by atoms with Crippen LogP contribution >= 0.6 is 0 Å². The zero-order valence-corrected chi connectivity index (χ0v) is 11.0. The van der Waals surface area contributed by atoms with E-state index < -0.39 is 12.0 Å². The number of carboxylic acids is 1. The maximum atomic E-state index is 12.5. The van der Waals surface area contributed by atoms with Gasteiger partial charge in [-0.1, -0.05) is 19.1 Å². The van der Waals surface area contributed by atoms with E-state index in [9.17, 15) is 14.7 Å². The van der Waals surface area contributed by atoms with Gasteiger partial charge in [-0.3, -0.25) is 4.79 Å². The Kier molecular flexibility index (Phi) is 3.74. The number of aliphatic carboxylic acids is 1. The number of carbonyl (C=O) groups excluding carboxylic acids is 1. The Morgan fingerprint density at radius 2 is 2.05 bits per heavy atom. The largest absolute Gasteiger partial charge is 0.496 e. The van der Waals surface area contributed by atoms with Crippen LogP contribution in [0.15, 0.2) is 24.3 Å². The number of nitrogens with zero attached hydrogens (tertiary/aromatic N) is 1. The van der Waals surface area contributed by atoms with E-state index in [1.165, 1.54) is 12.0 Å². The molecule has 2 atom stereocenters. The highest BCUT2D eigenvalue weighted by atomic mass is 16.5. The van der Waals surface area contributed by atoms with Gasteiger partial charge >= 0.3 is 5.97 Å². The molecule has 1 heterocycles. The number of ether oxygens (including phenoxy) is 1. The van der Waals surface area contributed by atoms with Gasteiger partial charge in [0.2, 0.25) is 0 Å². The molecule has 5 nitrogen and oxygen atoms in total. The first-order valence-corrected chi connectivity index (χ1v) is 6.23. The Bertz CT molecular complexity index is 500. The van der Waals surface area contributed by atoms with Gasteiger partial charge in [-0.05, 0) is 24.5 Å². The minimum Gasteiger partial charge on any atom is -0.496 e. The average molecular weight is 263 g/mol. The number of carboxylic acid groups (broad SMARTS) is 1. The van der Waals surface area contributed by atoms with E-state index in [0.29, 0.717) is 24.3 Å². The Hall–Kier alpha value is -2.04. The van der Waals surface area contributed by atoms with Crippen LogP contribution in [0.25, 0.3) is 0 Å². The predicted octanol–water partition coefficient (Wildman–Crippen LogP) is 1.63. The van der Waals surface area contributed by atoms with Crippen molar-refractivity contribution in [2.24, 2.45) is 5.92 Å². The Balaban J connectivity index is 2.31. The van der Waals surface area contributed by atoms with Crippen LogP contribution in [0.2, 0.25) is 0 Å². The van der Waals surface area contributed by atoms with Gasteiger partial charge < -0.3 is 14.7 Å². The molecule has 1 amide bonds. The van der Waals surface area contributed by atoms with E-state index in [1.807, 2.05) is 6.92 Å². The molecule has 0 aliphatic carbocycles. The number of benzene rings is 1. The number of methoxy groups -OCH3 is 1. The summed E-state index contributed by atoms with van der Waals surface area (Å²) in [6.45, 7) is 2.32. The standard InChI is InChI=1S/C14H17NO4/c1-9-7-8-15(12(9)14(17)18)13(16)10-5-3-4-6-11(10)19-2/h3-6,9,12H,7-8H2,1-2H3,(H,17,18). The van der Waals surface area contributed by atoms with E-state index in [-0.39, 0.29) is 11.8 Å². The monoisotopic (exact) mass is 263 g/mol. The van der Waals surface area contributed by atoms with Gasteiger partial charge in [0.05, 0.1) is 12.7 Å². The van der Waals surface area contributed by atoms with Crippen molar-refractivity contribution in [3.8, 4) is 5.75 Å². The first-order valence-electron chi connectivity index (χ1n) is 6.23. The molecule has 1 N–H and O–H groups in total. The fourth-order valence-corrected chi connectivity index (χ4v) is 2.53. The smallest absolute Gasteiger partial charge is 0.326 e. The molecule has 1 aliphatic rings. The van der Waals surface area contributed by atoms with Crippen molar-refractivity contribution < 1.29 is 19.4 Å². The lowest BCUT2D eigenvalue weighted by Gasteiger charge is -2.24. The van der Waals surface area contributed by atoms with Gasteiger partial charge in [-0.25, -0.2) is 4.79 Å². The Morgan fingerprint density at radius 3 is 2.68 bits per heavy atom. The Morgan fingerprint density at radius 1 is 1.37 bits per heavy atom.